The number of hydrogen-bond acceptors (Lipinski definition) is 2. The molecule has 0 aliphatic rings. The van der Waals surface area contributed by atoms with Gasteiger partial charge in [-0.2, -0.15) is 0 Å². The van der Waals surface area contributed by atoms with Crippen LogP contribution in [0.25, 0.3) is 0 Å². The molecule has 0 heterocycles. The Hall–Kier alpha value is -1.79. The molecule has 16 heavy (non-hydrogen) atoms. The maximum absolute atomic E-state index is 11.1. The van der Waals surface area contributed by atoms with Gasteiger partial charge in [0.25, 0.3) is 0 Å². The molecule has 1 aromatic rings. The van der Waals surface area contributed by atoms with Crippen LogP contribution in [-0.2, 0) is 6.54 Å². The lowest BCUT2D eigenvalue weighted by atomic mass is 10.1. The van der Waals surface area contributed by atoms with Crippen molar-refractivity contribution in [2.24, 2.45) is 5.73 Å². The van der Waals surface area contributed by atoms with Crippen molar-refractivity contribution in [1.82, 2.24) is 5.32 Å². The topological polar surface area (TPSA) is 55.1 Å². The first-order chi connectivity index (χ1) is 7.75. The molecule has 3 heteroatoms. The van der Waals surface area contributed by atoms with Crippen LogP contribution in [0.5, 0.6) is 0 Å². The van der Waals surface area contributed by atoms with E-state index in [1.54, 1.807) is 6.07 Å². The van der Waals surface area contributed by atoms with E-state index in [0.29, 0.717) is 12.1 Å². The van der Waals surface area contributed by atoms with Crippen LogP contribution in [0, 0.1) is 11.8 Å². The minimum atomic E-state index is -0.384. The Morgan fingerprint density at radius 1 is 1.44 bits per heavy atom. The van der Waals surface area contributed by atoms with E-state index in [9.17, 15) is 4.79 Å². The van der Waals surface area contributed by atoms with E-state index in [1.165, 1.54) is 0 Å². The average molecular weight is 216 g/mol. The standard InChI is InChI=1S/C13H16N2O/c1-2-3-6-9-15-10-11-7-4-5-8-12(11)13(14)16/h4-5,7-8,15H,6,9-10H2,1H3,(H2,14,16). The molecule has 0 saturated heterocycles. The fraction of sp³-hybridized carbons (Fsp3) is 0.308. The molecule has 0 radical (unpaired) electrons. The average Bonchev–Trinajstić information content (AvgIpc) is 2.29. The molecular formula is C13H16N2O. The summed E-state index contributed by atoms with van der Waals surface area (Å²) in [4.78, 5) is 11.1. The van der Waals surface area contributed by atoms with Gasteiger partial charge in [-0.1, -0.05) is 18.2 Å². The van der Waals surface area contributed by atoms with Gasteiger partial charge in [-0.3, -0.25) is 4.79 Å². The molecule has 0 bridgehead atoms. The number of nitrogens with one attached hydrogen (secondary N) is 1. The first-order valence-electron chi connectivity index (χ1n) is 5.23. The highest BCUT2D eigenvalue weighted by Crippen LogP contribution is 2.07. The van der Waals surface area contributed by atoms with Crippen molar-refractivity contribution in [3.8, 4) is 11.8 Å². The number of amides is 1. The highest BCUT2D eigenvalue weighted by Gasteiger charge is 2.05. The molecule has 0 saturated carbocycles. The van der Waals surface area contributed by atoms with Gasteiger partial charge in [0.05, 0.1) is 0 Å². The van der Waals surface area contributed by atoms with Gasteiger partial charge in [0.1, 0.15) is 0 Å². The van der Waals surface area contributed by atoms with Crippen LogP contribution in [0.4, 0.5) is 0 Å². The number of hydrogen-bond donors (Lipinski definition) is 2. The number of primary amides is 1. The summed E-state index contributed by atoms with van der Waals surface area (Å²) in [7, 11) is 0. The summed E-state index contributed by atoms with van der Waals surface area (Å²) in [5, 5.41) is 3.22. The summed E-state index contributed by atoms with van der Waals surface area (Å²) in [5.41, 5.74) is 6.79. The minimum Gasteiger partial charge on any atom is -0.366 e. The predicted molar refractivity (Wildman–Crippen MR) is 64.7 cm³/mol. The Labute approximate surface area is 96.0 Å². The van der Waals surface area contributed by atoms with Gasteiger partial charge < -0.3 is 11.1 Å². The molecule has 0 aliphatic heterocycles. The zero-order valence-corrected chi connectivity index (χ0v) is 9.42. The molecule has 3 N–H and O–H groups in total. The van der Waals surface area contributed by atoms with Crippen molar-refractivity contribution < 1.29 is 4.79 Å². The Balaban J connectivity index is 2.52. The zero-order chi connectivity index (χ0) is 11.8. The molecule has 1 rings (SSSR count). The number of rotatable bonds is 5. The highest BCUT2D eigenvalue weighted by atomic mass is 16.1. The van der Waals surface area contributed by atoms with Crippen LogP contribution in [0.3, 0.4) is 0 Å². The Morgan fingerprint density at radius 3 is 2.88 bits per heavy atom. The monoisotopic (exact) mass is 216 g/mol. The summed E-state index contributed by atoms with van der Waals surface area (Å²) in [6.07, 6.45) is 0.815. The number of carbonyl (C=O) groups excluding carboxylic acids is 1. The second kappa shape index (κ2) is 6.65. The molecule has 1 amide bonds. The normalized spacial score (nSPS) is 9.31. The third-order valence-corrected chi connectivity index (χ3v) is 2.20. The number of benzene rings is 1. The molecular weight excluding hydrogens is 200 g/mol. The third-order valence-electron chi connectivity index (χ3n) is 2.20. The van der Waals surface area contributed by atoms with E-state index in [1.807, 2.05) is 25.1 Å². The zero-order valence-electron chi connectivity index (χ0n) is 9.42. The second-order valence-electron chi connectivity index (χ2n) is 3.37. The van der Waals surface area contributed by atoms with Gasteiger partial charge in [-0.15, -0.1) is 11.8 Å². The predicted octanol–water partition coefficient (Wildman–Crippen LogP) is 1.29. The molecule has 0 aliphatic carbocycles. The maximum atomic E-state index is 11.1. The largest absolute Gasteiger partial charge is 0.366 e. The number of nitrogens with two attached hydrogens (primary N) is 1. The van der Waals surface area contributed by atoms with E-state index in [2.05, 4.69) is 17.2 Å². The Morgan fingerprint density at radius 2 is 2.19 bits per heavy atom. The highest BCUT2D eigenvalue weighted by molar-refractivity contribution is 5.94. The van der Waals surface area contributed by atoms with Crippen molar-refractivity contribution in [1.29, 1.82) is 0 Å². The third kappa shape index (κ3) is 3.76. The van der Waals surface area contributed by atoms with Crippen molar-refractivity contribution in [3.63, 3.8) is 0 Å². The Bertz CT molecular complexity index is 415. The molecule has 1 aromatic carbocycles. The molecule has 0 fully saturated rings. The summed E-state index contributed by atoms with van der Waals surface area (Å²) >= 11 is 0. The van der Waals surface area contributed by atoms with E-state index in [-0.39, 0.29) is 5.91 Å². The fourth-order valence-electron chi connectivity index (χ4n) is 1.41. The van der Waals surface area contributed by atoms with Gasteiger partial charge in [-0.25, -0.2) is 0 Å². The van der Waals surface area contributed by atoms with E-state index in [4.69, 9.17) is 5.73 Å². The first kappa shape index (κ1) is 12.3. The molecule has 0 atom stereocenters. The van der Waals surface area contributed by atoms with Crippen LogP contribution < -0.4 is 11.1 Å². The quantitative estimate of drug-likeness (QED) is 0.575. The molecule has 84 valence electrons. The first-order valence-corrected chi connectivity index (χ1v) is 5.23. The SMILES string of the molecule is CC#CCCNCc1ccccc1C(N)=O. The van der Waals surface area contributed by atoms with Crippen LogP contribution in [-0.4, -0.2) is 12.5 Å². The molecule has 0 unspecified atom stereocenters. The number of carbonyl (C=O) groups is 1. The van der Waals surface area contributed by atoms with Crippen molar-refractivity contribution >= 4 is 5.91 Å². The summed E-state index contributed by atoms with van der Waals surface area (Å²) < 4.78 is 0. The van der Waals surface area contributed by atoms with Crippen molar-refractivity contribution in [2.75, 3.05) is 6.54 Å². The summed E-state index contributed by atoms with van der Waals surface area (Å²) in [5.74, 6) is 5.42. The molecule has 3 nitrogen and oxygen atoms in total. The minimum absolute atomic E-state index is 0.384. The van der Waals surface area contributed by atoms with E-state index in [0.717, 1.165) is 18.5 Å². The van der Waals surface area contributed by atoms with Gasteiger partial charge >= 0.3 is 0 Å². The molecule has 0 aromatic heterocycles. The van der Waals surface area contributed by atoms with E-state index >= 15 is 0 Å². The summed E-state index contributed by atoms with van der Waals surface area (Å²) in [6, 6.07) is 7.35. The summed E-state index contributed by atoms with van der Waals surface area (Å²) in [6.45, 7) is 3.28. The lowest BCUT2D eigenvalue weighted by Crippen LogP contribution is -2.19. The lowest BCUT2D eigenvalue weighted by Gasteiger charge is -2.06. The van der Waals surface area contributed by atoms with Crippen molar-refractivity contribution in [3.05, 3.63) is 35.4 Å². The second-order valence-corrected chi connectivity index (χ2v) is 3.37. The lowest BCUT2D eigenvalue weighted by molar-refractivity contribution is 0.0999. The molecule has 0 spiro atoms. The van der Waals surface area contributed by atoms with Crippen molar-refractivity contribution in [2.45, 2.75) is 19.9 Å². The van der Waals surface area contributed by atoms with Gasteiger partial charge in [-0.05, 0) is 18.6 Å². The van der Waals surface area contributed by atoms with Gasteiger partial charge in [0.2, 0.25) is 5.91 Å². The smallest absolute Gasteiger partial charge is 0.249 e. The Kier molecular flexibility index (Phi) is 5.10. The van der Waals surface area contributed by atoms with Crippen LogP contribution in [0.15, 0.2) is 24.3 Å². The van der Waals surface area contributed by atoms with Gasteiger partial charge in [0.15, 0.2) is 0 Å². The van der Waals surface area contributed by atoms with Crippen LogP contribution >= 0.6 is 0 Å². The fourth-order valence-corrected chi connectivity index (χ4v) is 1.41. The van der Waals surface area contributed by atoms with Crippen LogP contribution in [0.2, 0.25) is 0 Å². The van der Waals surface area contributed by atoms with Crippen LogP contribution in [0.1, 0.15) is 29.3 Å². The van der Waals surface area contributed by atoms with Gasteiger partial charge in [0, 0.05) is 25.1 Å². The maximum Gasteiger partial charge on any atom is 0.249 e. The van der Waals surface area contributed by atoms with E-state index < -0.39 is 0 Å².